The molecule has 2 N–H and O–H groups in total. The minimum atomic E-state index is 0.269. The molecule has 1 aromatic rings. The summed E-state index contributed by atoms with van der Waals surface area (Å²) in [5.74, 6) is 0.269. The van der Waals surface area contributed by atoms with Gasteiger partial charge in [0.1, 0.15) is 0 Å². The summed E-state index contributed by atoms with van der Waals surface area (Å²) in [6, 6.07) is 7.83. The zero-order valence-corrected chi connectivity index (χ0v) is 10.7. The van der Waals surface area contributed by atoms with Gasteiger partial charge in [0.15, 0.2) is 5.78 Å². The summed E-state index contributed by atoms with van der Waals surface area (Å²) in [5, 5.41) is 0. The van der Waals surface area contributed by atoms with Gasteiger partial charge in [-0.05, 0) is 24.9 Å². The van der Waals surface area contributed by atoms with E-state index in [9.17, 15) is 4.79 Å². The Hall–Kier alpha value is -1.15. The monoisotopic (exact) mass is 233 g/mol. The molecule has 1 aromatic carbocycles. The maximum atomic E-state index is 12.1. The number of nitrogens with two attached hydrogens (primary N) is 1. The lowest BCUT2D eigenvalue weighted by molar-refractivity contribution is 0.0978. The largest absolute Gasteiger partial charge is 0.330 e. The van der Waals surface area contributed by atoms with Crippen LogP contribution in [-0.4, -0.2) is 12.3 Å². The molecule has 2 heteroatoms. The first-order chi connectivity index (χ1) is 8.29. The van der Waals surface area contributed by atoms with Crippen LogP contribution < -0.4 is 5.73 Å². The molecule has 0 aliphatic rings. The maximum Gasteiger partial charge on any atom is 0.163 e. The number of unbranched alkanes of at least 4 members (excludes halogenated alkanes) is 3. The van der Waals surface area contributed by atoms with Crippen LogP contribution in [0.3, 0.4) is 0 Å². The van der Waals surface area contributed by atoms with Gasteiger partial charge in [0.2, 0.25) is 0 Å². The van der Waals surface area contributed by atoms with Crippen molar-refractivity contribution in [3.8, 4) is 0 Å². The van der Waals surface area contributed by atoms with Crippen LogP contribution in [0.5, 0.6) is 0 Å². The lowest BCUT2D eigenvalue weighted by atomic mass is 9.97. The molecule has 1 rings (SSSR count). The summed E-state index contributed by atoms with van der Waals surface area (Å²) in [6.07, 6.45) is 6.04. The van der Waals surface area contributed by atoms with Gasteiger partial charge < -0.3 is 5.73 Å². The van der Waals surface area contributed by atoms with Gasteiger partial charge in [-0.25, -0.2) is 0 Å². The molecule has 0 spiro atoms. The molecular formula is C15H23NO. The minimum absolute atomic E-state index is 0.269. The Bertz CT molecular complexity index is 347. The fourth-order valence-corrected chi connectivity index (χ4v) is 2.01. The van der Waals surface area contributed by atoms with Crippen LogP contribution in [0.15, 0.2) is 24.3 Å². The summed E-state index contributed by atoms with van der Waals surface area (Å²) in [6.45, 7) is 2.78. The van der Waals surface area contributed by atoms with Gasteiger partial charge in [0.05, 0.1) is 0 Å². The molecule has 0 fully saturated rings. The van der Waals surface area contributed by atoms with E-state index in [1.54, 1.807) is 0 Å². The molecule has 0 atom stereocenters. The highest BCUT2D eigenvalue weighted by Crippen LogP contribution is 2.14. The molecule has 17 heavy (non-hydrogen) atoms. The second-order valence-electron chi connectivity index (χ2n) is 4.43. The molecule has 0 saturated heterocycles. The second kappa shape index (κ2) is 8.02. The molecule has 0 aliphatic carbocycles. The molecular weight excluding hydrogens is 210 g/mol. The quantitative estimate of drug-likeness (QED) is 0.553. The lowest BCUT2D eigenvalue weighted by Crippen LogP contribution is -2.09. The number of rotatable bonds is 8. The second-order valence-corrected chi connectivity index (χ2v) is 4.43. The third-order valence-corrected chi connectivity index (χ3v) is 2.99. The lowest BCUT2D eigenvalue weighted by Gasteiger charge is -2.07. The van der Waals surface area contributed by atoms with Gasteiger partial charge in [-0.15, -0.1) is 0 Å². The molecule has 0 aliphatic heterocycles. The van der Waals surface area contributed by atoms with E-state index in [1.807, 2.05) is 24.3 Å². The molecule has 0 aromatic heterocycles. The molecule has 0 bridgehead atoms. The first kappa shape index (κ1) is 13.9. The Morgan fingerprint density at radius 2 is 1.94 bits per heavy atom. The van der Waals surface area contributed by atoms with Crippen molar-refractivity contribution in [1.29, 1.82) is 0 Å². The maximum absolute atomic E-state index is 12.1. The van der Waals surface area contributed by atoms with E-state index in [-0.39, 0.29) is 5.78 Å². The zero-order chi connectivity index (χ0) is 12.5. The Morgan fingerprint density at radius 1 is 1.18 bits per heavy atom. The number of carbonyl (C=O) groups is 1. The van der Waals surface area contributed by atoms with Crippen molar-refractivity contribution in [2.45, 2.75) is 45.4 Å². The van der Waals surface area contributed by atoms with E-state index in [0.717, 1.165) is 30.4 Å². The van der Waals surface area contributed by atoms with Crippen LogP contribution >= 0.6 is 0 Å². The molecule has 0 saturated carbocycles. The summed E-state index contributed by atoms with van der Waals surface area (Å²) < 4.78 is 0. The van der Waals surface area contributed by atoms with Crippen molar-refractivity contribution in [3.63, 3.8) is 0 Å². The first-order valence-corrected chi connectivity index (χ1v) is 6.60. The van der Waals surface area contributed by atoms with Gasteiger partial charge in [0, 0.05) is 12.0 Å². The summed E-state index contributed by atoms with van der Waals surface area (Å²) >= 11 is 0. The van der Waals surface area contributed by atoms with Crippen LogP contribution in [0.4, 0.5) is 0 Å². The van der Waals surface area contributed by atoms with Crippen molar-refractivity contribution in [2.24, 2.45) is 5.73 Å². The number of hydrogen-bond acceptors (Lipinski definition) is 2. The number of benzene rings is 1. The van der Waals surface area contributed by atoms with Crippen LogP contribution in [-0.2, 0) is 6.42 Å². The topological polar surface area (TPSA) is 43.1 Å². The highest BCUT2D eigenvalue weighted by Gasteiger charge is 2.09. The predicted octanol–water partition coefficient (Wildman–Crippen LogP) is 3.34. The smallest absolute Gasteiger partial charge is 0.163 e. The van der Waals surface area contributed by atoms with Crippen LogP contribution in [0.1, 0.15) is 54.9 Å². The van der Waals surface area contributed by atoms with Crippen molar-refractivity contribution >= 4 is 5.78 Å². The Kier molecular flexibility index (Phi) is 6.56. The van der Waals surface area contributed by atoms with E-state index in [1.165, 1.54) is 12.8 Å². The molecule has 0 amide bonds. The van der Waals surface area contributed by atoms with E-state index in [4.69, 9.17) is 5.73 Å². The number of ketones is 1. The fourth-order valence-electron chi connectivity index (χ4n) is 2.01. The Balaban J connectivity index is 2.55. The normalized spacial score (nSPS) is 10.5. The van der Waals surface area contributed by atoms with Gasteiger partial charge in [-0.1, -0.05) is 50.5 Å². The van der Waals surface area contributed by atoms with E-state index < -0.39 is 0 Å². The number of Topliss-reactive ketones (excluding diaryl/α,β-unsaturated/α-hetero) is 1. The average molecular weight is 233 g/mol. The predicted molar refractivity (Wildman–Crippen MR) is 72.3 cm³/mol. The third-order valence-electron chi connectivity index (χ3n) is 2.99. The van der Waals surface area contributed by atoms with Gasteiger partial charge in [0.25, 0.3) is 0 Å². The van der Waals surface area contributed by atoms with Crippen LogP contribution in [0.2, 0.25) is 0 Å². The number of hydrogen-bond donors (Lipinski definition) is 1. The van der Waals surface area contributed by atoms with Crippen LogP contribution in [0.25, 0.3) is 0 Å². The Morgan fingerprint density at radius 3 is 2.65 bits per heavy atom. The van der Waals surface area contributed by atoms with Crippen LogP contribution in [0, 0.1) is 0 Å². The van der Waals surface area contributed by atoms with E-state index >= 15 is 0 Å². The van der Waals surface area contributed by atoms with E-state index in [2.05, 4.69) is 6.92 Å². The highest BCUT2D eigenvalue weighted by molar-refractivity contribution is 5.97. The highest BCUT2D eigenvalue weighted by atomic mass is 16.1. The Labute approximate surface area is 104 Å². The first-order valence-electron chi connectivity index (χ1n) is 6.60. The summed E-state index contributed by atoms with van der Waals surface area (Å²) in [5.41, 5.74) is 7.52. The summed E-state index contributed by atoms with van der Waals surface area (Å²) in [4.78, 5) is 12.1. The minimum Gasteiger partial charge on any atom is -0.330 e. The van der Waals surface area contributed by atoms with Gasteiger partial charge in [-0.3, -0.25) is 4.79 Å². The molecule has 94 valence electrons. The molecule has 2 nitrogen and oxygen atoms in total. The number of carbonyl (C=O) groups excluding carboxylic acids is 1. The van der Waals surface area contributed by atoms with Crippen molar-refractivity contribution < 1.29 is 4.79 Å². The van der Waals surface area contributed by atoms with Gasteiger partial charge >= 0.3 is 0 Å². The van der Waals surface area contributed by atoms with Crippen molar-refractivity contribution in [1.82, 2.24) is 0 Å². The standard InChI is InChI=1S/C15H23NO/c1-2-3-4-5-10-15(17)14-9-7-6-8-13(14)11-12-16/h6-9H,2-5,10-12,16H2,1H3. The molecule has 0 heterocycles. The zero-order valence-electron chi connectivity index (χ0n) is 10.7. The summed E-state index contributed by atoms with van der Waals surface area (Å²) in [7, 11) is 0. The van der Waals surface area contributed by atoms with Gasteiger partial charge in [-0.2, -0.15) is 0 Å². The van der Waals surface area contributed by atoms with Crippen molar-refractivity contribution in [2.75, 3.05) is 6.54 Å². The SMILES string of the molecule is CCCCCCC(=O)c1ccccc1CCN. The molecule has 0 radical (unpaired) electrons. The van der Waals surface area contributed by atoms with Crippen molar-refractivity contribution in [3.05, 3.63) is 35.4 Å². The third kappa shape index (κ3) is 4.70. The fraction of sp³-hybridized carbons (Fsp3) is 0.533. The van der Waals surface area contributed by atoms with E-state index in [0.29, 0.717) is 13.0 Å². The molecule has 0 unspecified atom stereocenters. The average Bonchev–Trinajstić information content (AvgIpc) is 2.35.